The van der Waals surface area contributed by atoms with Crippen molar-refractivity contribution < 1.29 is 9.47 Å². The van der Waals surface area contributed by atoms with Crippen molar-refractivity contribution >= 4 is 12.8 Å². The summed E-state index contributed by atoms with van der Waals surface area (Å²) in [7, 11) is 0. The first-order valence-corrected chi connectivity index (χ1v) is 7.61. The van der Waals surface area contributed by atoms with E-state index in [1.807, 2.05) is 19.9 Å². The van der Waals surface area contributed by atoms with Gasteiger partial charge in [-0.2, -0.15) is 4.68 Å². The Labute approximate surface area is 142 Å². The molecule has 1 aromatic carbocycles. The van der Waals surface area contributed by atoms with E-state index >= 15 is 0 Å². The van der Waals surface area contributed by atoms with E-state index in [1.165, 1.54) is 4.09 Å². The predicted octanol–water partition coefficient (Wildman–Crippen LogP) is 1.21. The Bertz CT molecular complexity index is 885. The number of benzene rings is 1. The van der Waals surface area contributed by atoms with Crippen LogP contribution in [0.25, 0.3) is 5.69 Å². The molecule has 0 saturated heterocycles. The summed E-state index contributed by atoms with van der Waals surface area (Å²) in [5.74, 6) is 1.01. The highest BCUT2D eigenvalue weighted by atomic mass is 32.1. The summed E-state index contributed by atoms with van der Waals surface area (Å²) in [4.78, 5) is 11.9. The average Bonchev–Trinajstić information content (AvgIpc) is 3.13. The number of thiol groups is 1. The van der Waals surface area contributed by atoms with Crippen molar-refractivity contribution in [3.8, 4) is 17.3 Å². The first-order chi connectivity index (χ1) is 11.5. The third-order valence-electron chi connectivity index (χ3n) is 3.09. The second kappa shape index (κ2) is 6.79. The Morgan fingerprint density at radius 1 is 1.33 bits per heavy atom. The molecular weight excluding hydrogens is 332 g/mol. The van der Waals surface area contributed by atoms with Crippen molar-refractivity contribution in [3.63, 3.8) is 0 Å². The number of ether oxygens (including phenoxy) is 2. The number of hydrogen-bond acceptors (Lipinski definition) is 7. The highest BCUT2D eigenvalue weighted by Gasteiger charge is 2.16. The minimum Gasteiger partial charge on any atom is -0.491 e. The molecule has 24 heavy (non-hydrogen) atoms. The summed E-state index contributed by atoms with van der Waals surface area (Å²) in [5, 5.41) is 13.6. The van der Waals surface area contributed by atoms with Crippen LogP contribution in [0.2, 0.25) is 0 Å². The summed E-state index contributed by atoms with van der Waals surface area (Å²) in [6.45, 7) is 3.98. The molecule has 2 aromatic heterocycles. The van der Waals surface area contributed by atoms with E-state index in [9.17, 15) is 4.79 Å². The highest BCUT2D eigenvalue weighted by molar-refractivity contribution is 7.78. The molecule has 0 amide bonds. The molecule has 0 spiro atoms. The number of tetrazole rings is 1. The molecule has 3 rings (SSSR count). The number of nitrogens with zero attached hydrogens (tertiary/aromatic N) is 5. The molecular formula is C14H16N6O3S. The molecule has 0 unspecified atom stereocenters. The highest BCUT2D eigenvalue weighted by Crippen LogP contribution is 2.27. The summed E-state index contributed by atoms with van der Waals surface area (Å²) in [6, 6.07) is 7.01. The van der Waals surface area contributed by atoms with Crippen molar-refractivity contribution in [3.05, 3.63) is 46.5 Å². The first kappa shape index (κ1) is 16.1. The predicted molar refractivity (Wildman–Crippen MR) is 88.7 cm³/mol. The minimum atomic E-state index is -0.447. The van der Waals surface area contributed by atoms with Crippen molar-refractivity contribution in [2.75, 3.05) is 0 Å². The zero-order chi connectivity index (χ0) is 17.1. The maximum absolute atomic E-state index is 11.9. The van der Waals surface area contributed by atoms with Gasteiger partial charge in [-0.25, -0.2) is 14.0 Å². The molecule has 0 radical (unpaired) electrons. The van der Waals surface area contributed by atoms with E-state index in [0.717, 1.165) is 4.68 Å². The van der Waals surface area contributed by atoms with Crippen LogP contribution < -0.4 is 15.2 Å². The van der Waals surface area contributed by atoms with Crippen molar-refractivity contribution in [2.45, 2.75) is 26.6 Å². The molecule has 2 heterocycles. The molecule has 9 nitrogen and oxygen atoms in total. The summed E-state index contributed by atoms with van der Waals surface area (Å²) in [5.41, 5.74) is 0.741. The number of nitrogens with one attached hydrogen (secondary N) is 1. The van der Waals surface area contributed by atoms with Crippen LogP contribution in [0.1, 0.15) is 19.4 Å². The van der Waals surface area contributed by atoms with Crippen LogP contribution in [-0.2, 0) is 6.61 Å². The van der Waals surface area contributed by atoms with Crippen molar-refractivity contribution in [2.24, 2.45) is 0 Å². The second-order valence-electron chi connectivity index (χ2n) is 5.20. The standard InChI is InChI=1S/C14H16N6O3S/c1-9(2)23-12-5-3-4-11(20-14(21)15-17-18-20)10(12)8-22-13-6-7-19(24)16-13/h3-7,9,24H,8H2,1-2H3,(H,15,18,21). The lowest BCUT2D eigenvalue weighted by Gasteiger charge is -2.17. The van der Waals surface area contributed by atoms with Gasteiger partial charge in [-0.05, 0) is 49.2 Å². The molecule has 0 saturated carbocycles. The van der Waals surface area contributed by atoms with Crippen molar-refractivity contribution in [1.82, 2.24) is 29.4 Å². The van der Waals surface area contributed by atoms with E-state index in [-0.39, 0.29) is 12.7 Å². The number of hydrogen-bond donors (Lipinski definition) is 2. The van der Waals surface area contributed by atoms with Crippen LogP contribution in [0.5, 0.6) is 11.6 Å². The molecule has 0 aliphatic rings. The topological polar surface area (TPSA) is 99.9 Å². The van der Waals surface area contributed by atoms with Crippen LogP contribution in [0.3, 0.4) is 0 Å². The average molecular weight is 348 g/mol. The van der Waals surface area contributed by atoms with Gasteiger partial charge in [0.05, 0.1) is 17.4 Å². The maximum atomic E-state index is 11.9. The van der Waals surface area contributed by atoms with E-state index in [4.69, 9.17) is 9.47 Å². The van der Waals surface area contributed by atoms with Gasteiger partial charge in [0, 0.05) is 12.3 Å². The molecule has 0 aliphatic carbocycles. The van der Waals surface area contributed by atoms with Gasteiger partial charge < -0.3 is 9.47 Å². The lowest BCUT2D eigenvalue weighted by molar-refractivity contribution is 0.228. The molecule has 10 heteroatoms. The molecule has 126 valence electrons. The van der Waals surface area contributed by atoms with Crippen LogP contribution in [0.4, 0.5) is 0 Å². The van der Waals surface area contributed by atoms with Gasteiger partial charge >= 0.3 is 5.69 Å². The molecule has 0 fully saturated rings. The number of H-pyrrole nitrogens is 1. The SMILES string of the molecule is CC(C)Oc1cccc(-n2nn[nH]c2=O)c1COc1ccn(S)n1. The number of rotatable bonds is 6. The van der Waals surface area contributed by atoms with Gasteiger partial charge in [-0.1, -0.05) is 6.07 Å². The van der Waals surface area contributed by atoms with Gasteiger partial charge in [0.15, 0.2) is 0 Å². The van der Waals surface area contributed by atoms with E-state index in [2.05, 4.69) is 33.4 Å². The second-order valence-corrected chi connectivity index (χ2v) is 5.61. The minimum absolute atomic E-state index is 0.0373. The Morgan fingerprint density at radius 3 is 2.79 bits per heavy atom. The van der Waals surface area contributed by atoms with Gasteiger partial charge in [0.25, 0.3) is 0 Å². The van der Waals surface area contributed by atoms with Gasteiger partial charge in [0.2, 0.25) is 5.88 Å². The Morgan fingerprint density at radius 2 is 2.17 bits per heavy atom. The van der Waals surface area contributed by atoms with Crippen LogP contribution in [-0.4, -0.2) is 35.5 Å². The fraction of sp³-hybridized carbons (Fsp3) is 0.286. The van der Waals surface area contributed by atoms with Crippen LogP contribution in [0, 0.1) is 0 Å². The molecule has 0 aliphatic heterocycles. The third kappa shape index (κ3) is 3.43. The number of aromatic amines is 1. The zero-order valence-corrected chi connectivity index (χ0v) is 14.0. The lowest BCUT2D eigenvalue weighted by Crippen LogP contribution is -2.19. The first-order valence-electron chi connectivity index (χ1n) is 7.21. The molecule has 0 bridgehead atoms. The molecule has 0 atom stereocenters. The van der Waals surface area contributed by atoms with Crippen LogP contribution >= 0.6 is 12.8 Å². The van der Waals surface area contributed by atoms with E-state index in [1.54, 1.807) is 24.4 Å². The quantitative estimate of drug-likeness (QED) is 0.650. The smallest absolute Gasteiger partial charge is 0.365 e. The maximum Gasteiger partial charge on any atom is 0.365 e. The Hall–Kier alpha value is -2.75. The normalized spacial score (nSPS) is 11.0. The molecule has 1 N–H and O–H groups in total. The van der Waals surface area contributed by atoms with Gasteiger partial charge in [0.1, 0.15) is 12.4 Å². The fourth-order valence-electron chi connectivity index (χ4n) is 2.14. The van der Waals surface area contributed by atoms with Gasteiger partial charge in [-0.3, -0.25) is 0 Å². The zero-order valence-electron chi connectivity index (χ0n) is 13.1. The Kier molecular flexibility index (Phi) is 4.56. The summed E-state index contributed by atoms with van der Waals surface area (Å²) in [6.07, 6.45) is 1.61. The Balaban J connectivity index is 1.99. The van der Waals surface area contributed by atoms with Gasteiger partial charge in [-0.15, -0.1) is 5.10 Å². The fourth-order valence-corrected chi connectivity index (χ4v) is 2.29. The van der Waals surface area contributed by atoms with E-state index < -0.39 is 5.69 Å². The summed E-state index contributed by atoms with van der Waals surface area (Å²) < 4.78 is 14.0. The lowest BCUT2D eigenvalue weighted by atomic mass is 10.1. The van der Waals surface area contributed by atoms with Crippen LogP contribution in [0.15, 0.2) is 35.3 Å². The largest absolute Gasteiger partial charge is 0.491 e. The monoisotopic (exact) mass is 348 g/mol. The number of aromatic nitrogens is 6. The molecule has 3 aromatic rings. The van der Waals surface area contributed by atoms with Crippen molar-refractivity contribution in [1.29, 1.82) is 0 Å². The third-order valence-corrected chi connectivity index (χ3v) is 3.31. The summed E-state index contributed by atoms with van der Waals surface area (Å²) >= 11 is 4.07. The van der Waals surface area contributed by atoms with E-state index in [0.29, 0.717) is 22.9 Å².